The van der Waals surface area contributed by atoms with Gasteiger partial charge in [0.25, 0.3) is 5.91 Å². The lowest BCUT2D eigenvalue weighted by Crippen LogP contribution is -2.05. The van der Waals surface area contributed by atoms with Crippen LogP contribution in [-0.2, 0) is 4.79 Å². The Balaban J connectivity index is 1.92. The number of nitrogens with one attached hydrogen (secondary N) is 2. The average molecular weight is 301 g/mol. The summed E-state index contributed by atoms with van der Waals surface area (Å²) in [5.41, 5.74) is 3.51. The van der Waals surface area contributed by atoms with Gasteiger partial charge in [-0.15, -0.1) is 0 Å². The standard InChI is InChI=1S/C16H13ClN2O2/c1-9-2-4-11(7-15(9)20)18-8-13-12-6-10(17)3-5-14(12)19-16(13)21/h2-8,18,20H,1H3,(H,19,21). The maximum Gasteiger partial charge on any atom is 0.257 e. The second-order valence-electron chi connectivity index (χ2n) is 4.85. The van der Waals surface area contributed by atoms with E-state index in [2.05, 4.69) is 10.6 Å². The average Bonchev–Trinajstić information content (AvgIpc) is 2.75. The van der Waals surface area contributed by atoms with Crippen molar-refractivity contribution in [1.29, 1.82) is 0 Å². The van der Waals surface area contributed by atoms with Crippen LogP contribution >= 0.6 is 11.6 Å². The van der Waals surface area contributed by atoms with Crippen LogP contribution in [0.25, 0.3) is 5.57 Å². The zero-order chi connectivity index (χ0) is 15.0. The highest BCUT2D eigenvalue weighted by Gasteiger charge is 2.24. The van der Waals surface area contributed by atoms with Gasteiger partial charge in [0.1, 0.15) is 5.75 Å². The first-order valence-electron chi connectivity index (χ1n) is 6.42. The van der Waals surface area contributed by atoms with E-state index in [0.29, 0.717) is 16.3 Å². The Morgan fingerprint density at radius 3 is 2.81 bits per heavy atom. The van der Waals surface area contributed by atoms with Crippen molar-refractivity contribution in [1.82, 2.24) is 0 Å². The lowest BCUT2D eigenvalue weighted by atomic mass is 10.1. The first kappa shape index (κ1) is 13.5. The number of carbonyl (C=O) groups is 1. The lowest BCUT2D eigenvalue weighted by molar-refractivity contribution is -0.110. The number of aromatic hydroxyl groups is 1. The second kappa shape index (κ2) is 5.14. The molecule has 2 aromatic rings. The summed E-state index contributed by atoms with van der Waals surface area (Å²) in [6, 6.07) is 10.5. The fourth-order valence-corrected chi connectivity index (χ4v) is 2.33. The first-order chi connectivity index (χ1) is 10.0. The molecule has 0 atom stereocenters. The summed E-state index contributed by atoms with van der Waals surface area (Å²) < 4.78 is 0. The van der Waals surface area contributed by atoms with Gasteiger partial charge in [-0.25, -0.2) is 0 Å². The molecule has 0 radical (unpaired) electrons. The molecule has 2 aromatic carbocycles. The fourth-order valence-electron chi connectivity index (χ4n) is 2.16. The monoisotopic (exact) mass is 300 g/mol. The molecule has 0 unspecified atom stereocenters. The summed E-state index contributed by atoms with van der Waals surface area (Å²) >= 11 is 5.97. The number of anilines is 2. The summed E-state index contributed by atoms with van der Waals surface area (Å²) in [7, 11) is 0. The molecular formula is C16H13ClN2O2. The van der Waals surface area contributed by atoms with Crippen LogP contribution in [0.5, 0.6) is 5.75 Å². The van der Waals surface area contributed by atoms with E-state index >= 15 is 0 Å². The van der Waals surface area contributed by atoms with Gasteiger partial charge in [-0.2, -0.15) is 0 Å². The molecule has 0 spiro atoms. The van der Waals surface area contributed by atoms with Crippen LogP contribution in [0.3, 0.4) is 0 Å². The van der Waals surface area contributed by atoms with Gasteiger partial charge in [-0.05, 0) is 36.8 Å². The summed E-state index contributed by atoms with van der Waals surface area (Å²) in [5, 5.41) is 16.0. The molecule has 1 aliphatic heterocycles. The third kappa shape index (κ3) is 2.58. The Morgan fingerprint density at radius 1 is 1.24 bits per heavy atom. The van der Waals surface area contributed by atoms with Crippen LogP contribution in [0.1, 0.15) is 11.1 Å². The Kier molecular flexibility index (Phi) is 3.31. The van der Waals surface area contributed by atoms with E-state index in [1.807, 2.05) is 13.0 Å². The smallest absolute Gasteiger partial charge is 0.257 e. The second-order valence-corrected chi connectivity index (χ2v) is 5.28. The number of carbonyl (C=O) groups excluding carboxylic acids is 1. The molecule has 106 valence electrons. The van der Waals surface area contributed by atoms with Crippen molar-refractivity contribution in [2.45, 2.75) is 6.92 Å². The maximum absolute atomic E-state index is 12.0. The predicted molar refractivity (Wildman–Crippen MR) is 84.5 cm³/mol. The van der Waals surface area contributed by atoms with Crippen molar-refractivity contribution in [3.63, 3.8) is 0 Å². The van der Waals surface area contributed by atoms with Crippen LogP contribution in [-0.4, -0.2) is 11.0 Å². The number of fused-ring (bicyclic) bond motifs is 1. The number of amides is 1. The number of phenolic OH excluding ortho intramolecular Hbond substituents is 1. The van der Waals surface area contributed by atoms with E-state index in [0.717, 1.165) is 16.8 Å². The number of rotatable bonds is 2. The van der Waals surface area contributed by atoms with E-state index in [1.54, 1.807) is 36.5 Å². The molecule has 1 heterocycles. The minimum absolute atomic E-state index is 0.184. The zero-order valence-electron chi connectivity index (χ0n) is 11.3. The van der Waals surface area contributed by atoms with E-state index in [9.17, 15) is 9.90 Å². The van der Waals surface area contributed by atoms with Crippen molar-refractivity contribution in [3.8, 4) is 5.75 Å². The van der Waals surface area contributed by atoms with Gasteiger partial charge in [0.15, 0.2) is 0 Å². The van der Waals surface area contributed by atoms with Crippen LogP contribution < -0.4 is 10.6 Å². The SMILES string of the molecule is Cc1ccc(NC=C2C(=O)Nc3ccc(Cl)cc32)cc1O. The Bertz CT molecular complexity index is 769. The molecule has 3 rings (SSSR count). The summed E-state index contributed by atoms with van der Waals surface area (Å²) in [6.45, 7) is 1.82. The number of phenols is 1. The van der Waals surface area contributed by atoms with Crippen LogP contribution in [0, 0.1) is 6.92 Å². The predicted octanol–water partition coefficient (Wildman–Crippen LogP) is 3.76. The van der Waals surface area contributed by atoms with Crippen LogP contribution in [0.2, 0.25) is 5.02 Å². The minimum Gasteiger partial charge on any atom is -0.508 e. The van der Waals surface area contributed by atoms with Crippen molar-refractivity contribution in [2.75, 3.05) is 10.6 Å². The van der Waals surface area contributed by atoms with Crippen molar-refractivity contribution in [3.05, 3.63) is 58.7 Å². The van der Waals surface area contributed by atoms with Gasteiger partial charge in [0.05, 0.1) is 5.57 Å². The molecule has 0 fully saturated rings. The molecule has 5 heteroatoms. The number of hydrogen-bond donors (Lipinski definition) is 3. The van der Waals surface area contributed by atoms with E-state index in [4.69, 9.17) is 11.6 Å². The molecule has 0 bridgehead atoms. The van der Waals surface area contributed by atoms with Crippen molar-refractivity contribution >= 4 is 34.5 Å². The van der Waals surface area contributed by atoms with E-state index in [1.165, 1.54) is 0 Å². The van der Waals surface area contributed by atoms with Gasteiger partial charge in [0, 0.05) is 34.2 Å². The fraction of sp³-hybridized carbons (Fsp3) is 0.0625. The third-order valence-electron chi connectivity index (χ3n) is 3.36. The highest BCUT2D eigenvalue weighted by Crippen LogP contribution is 2.33. The number of benzene rings is 2. The molecule has 1 amide bonds. The molecule has 21 heavy (non-hydrogen) atoms. The maximum atomic E-state index is 12.0. The van der Waals surface area contributed by atoms with Crippen LogP contribution in [0.4, 0.5) is 11.4 Å². The van der Waals surface area contributed by atoms with E-state index in [-0.39, 0.29) is 11.7 Å². The molecule has 1 aliphatic rings. The molecule has 0 saturated heterocycles. The Hall–Kier alpha value is -2.46. The van der Waals surface area contributed by atoms with Gasteiger partial charge in [0.2, 0.25) is 0 Å². The number of hydrogen-bond acceptors (Lipinski definition) is 3. The molecular weight excluding hydrogens is 288 g/mol. The van der Waals surface area contributed by atoms with Gasteiger partial charge >= 0.3 is 0 Å². The summed E-state index contributed by atoms with van der Waals surface area (Å²) in [5.74, 6) is 0.0221. The van der Waals surface area contributed by atoms with E-state index < -0.39 is 0 Å². The molecule has 0 saturated carbocycles. The Morgan fingerprint density at radius 2 is 2.05 bits per heavy atom. The van der Waals surface area contributed by atoms with Crippen molar-refractivity contribution in [2.24, 2.45) is 0 Å². The largest absolute Gasteiger partial charge is 0.508 e. The zero-order valence-corrected chi connectivity index (χ0v) is 12.0. The molecule has 0 aliphatic carbocycles. The highest BCUT2D eigenvalue weighted by molar-refractivity contribution is 6.34. The van der Waals surface area contributed by atoms with Crippen molar-refractivity contribution < 1.29 is 9.90 Å². The number of halogens is 1. The molecule has 0 aromatic heterocycles. The quantitative estimate of drug-likeness (QED) is 0.740. The first-order valence-corrected chi connectivity index (χ1v) is 6.80. The highest BCUT2D eigenvalue weighted by atomic mass is 35.5. The van der Waals surface area contributed by atoms with Gasteiger partial charge in [-0.1, -0.05) is 17.7 Å². The summed E-state index contributed by atoms with van der Waals surface area (Å²) in [4.78, 5) is 12.0. The topological polar surface area (TPSA) is 61.4 Å². The lowest BCUT2D eigenvalue weighted by Gasteiger charge is -2.05. The van der Waals surface area contributed by atoms with Crippen LogP contribution in [0.15, 0.2) is 42.6 Å². The van der Waals surface area contributed by atoms with Gasteiger partial charge in [-0.3, -0.25) is 4.79 Å². The Labute approximate surface area is 127 Å². The van der Waals surface area contributed by atoms with Gasteiger partial charge < -0.3 is 15.7 Å². The molecule has 4 nitrogen and oxygen atoms in total. The summed E-state index contributed by atoms with van der Waals surface area (Å²) in [6.07, 6.45) is 1.61. The minimum atomic E-state index is -0.184. The third-order valence-corrected chi connectivity index (χ3v) is 3.59. The normalized spacial score (nSPS) is 15.0. The number of aryl methyl sites for hydroxylation is 1. The molecule has 3 N–H and O–H groups in total.